The lowest BCUT2D eigenvalue weighted by Gasteiger charge is -2.04. The number of ether oxygens (including phenoxy) is 1. The largest absolute Gasteiger partial charge is 0.439 e. The van der Waals surface area contributed by atoms with Gasteiger partial charge in [-0.3, -0.25) is 0 Å². The maximum atomic E-state index is 5.65. The van der Waals surface area contributed by atoms with E-state index in [1.165, 1.54) is 0 Å². The molecule has 1 aromatic carbocycles. The molecule has 0 spiro atoms. The first kappa shape index (κ1) is 11.9. The number of nitrogens with zero attached hydrogens (tertiary/aromatic N) is 2. The van der Waals surface area contributed by atoms with Crippen LogP contribution in [0, 0.1) is 6.92 Å². The Bertz CT molecular complexity index is 662. The van der Waals surface area contributed by atoms with Gasteiger partial charge in [0.15, 0.2) is 0 Å². The highest BCUT2D eigenvalue weighted by atomic mass is 32.1. The van der Waals surface area contributed by atoms with Gasteiger partial charge >= 0.3 is 0 Å². The van der Waals surface area contributed by atoms with Gasteiger partial charge in [-0.25, -0.2) is 9.97 Å². The molecule has 19 heavy (non-hydrogen) atoms. The van der Waals surface area contributed by atoms with Gasteiger partial charge in [-0.15, -0.1) is 11.3 Å². The monoisotopic (exact) mass is 268 g/mol. The highest BCUT2D eigenvalue weighted by molar-refractivity contribution is 7.09. The molecule has 0 radical (unpaired) electrons. The van der Waals surface area contributed by atoms with Crippen LogP contribution in [0.2, 0.25) is 0 Å². The van der Waals surface area contributed by atoms with Gasteiger partial charge in [0.05, 0.1) is 10.7 Å². The minimum Gasteiger partial charge on any atom is -0.439 e. The van der Waals surface area contributed by atoms with E-state index < -0.39 is 0 Å². The number of pyridine rings is 1. The fraction of sp³-hybridized carbons (Fsp3) is 0.0667. The van der Waals surface area contributed by atoms with Gasteiger partial charge in [0.25, 0.3) is 0 Å². The number of benzene rings is 1. The smallest absolute Gasteiger partial charge is 0.219 e. The molecular weight excluding hydrogens is 256 g/mol. The maximum Gasteiger partial charge on any atom is 0.219 e. The molecular formula is C15H12N2OS. The van der Waals surface area contributed by atoms with E-state index >= 15 is 0 Å². The third-order valence-corrected chi connectivity index (χ3v) is 3.39. The summed E-state index contributed by atoms with van der Waals surface area (Å²) in [6.45, 7) is 1.99. The molecule has 3 rings (SSSR count). The van der Waals surface area contributed by atoms with Crippen LogP contribution in [0.1, 0.15) is 5.01 Å². The molecule has 0 fully saturated rings. The molecule has 4 heteroatoms. The van der Waals surface area contributed by atoms with Crippen molar-refractivity contribution in [3.63, 3.8) is 0 Å². The van der Waals surface area contributed by atoms with Crippen LogP contribution in [0.15, 0.2) is 54.0 Å². The lowest BCUT2D eigenvalue weighted by Crippen LogP contribution is -1.88. The molecule has 0 amide bonds. The minimum absolute atomic E-state index is 0.585. The Labute approximate surface area is 115 Å². The topological polar surface area (TPSA) is 35.0 Å². The molecule has 0 aliphatic carbocycles. The highest BCUT2D eigenvalue weighted by Crippen LogP contribution is 2.24. The summed E-state index contributed by atoms with van der Waals surface area (Å²) in [5.41, 5.74) is 1.96. The van der Waals surface area contributed by atoms with Crippen molar-refractivity contribution in [3.8, 4) is 22.9 Å². The van der Waals surface area contributed by atoms with Crippen molar-refractivity contribution in [2.45, 2.75) is 6.92 Å². The van der Waals surface area contributed by atoms with E-state index in [0.29, 0.717) is 5.88 Å². The van der Waals surface area contributed by atoms with E-state index in [9.17, 15) is 0 Å². The van der Waals surface area contributed by atoms with Crippen molar-refractivity contribution in [1.29, 1.82) is 0 Å². The molecule has 3 nitrogen and oxygen atoms in total. The number of para-hydroxylation sites is 1. The molecule has 0 saturated heterocycles. The zero-order valence-electron chi connectivity index (χ0n) is 10.4. The summed E-state index contributed by atoms with van der Waals surface area (Å²) in [6, 6.07) is 13.5. The number of rotatable bonds is 3. The van der Waals surface area contributed by atoms with E-state index in [-0.39, 0.29) is 0 Å². The first-order valence-corrected chi connectivity index (χ1v) is 6.81. The Kier molecular flexibility index (Phi) is 3.25. The van der Waals surface area contributed by atoms with Gasteiger partial charge in [0.2, 0.25) is 5.88 Å². The second-order valence-electron chi connectivity index (χ2n) is 4.05. The molecule has 0 saturated carbocycles. The molecule has 2 heterocycles. The second kappa shape index (κ2) is 5.20. The van der Waals surface area contributed by atoms with Crippen molar-refractivity contribution < 1.29 is 4.74 Å². The molecule has 94 valence electrons. The lowest BCUT2D eigenvalue weighted by molar-refractivity contribution is 0.463. The Morgan fingerprint density at radius 3 is 2.53 bits per heavy atom. The second-order valence-corrected chi connectivity index (χ2v) is 5.11. The molecule has 0 aliphatic heterocycles. The number of hydrogen-bond donors (Lipinski definition) is 0. The molecule has 0 N–H and O–H groups in total. The highest BCUT2D eigenvalue weighted by Gasteiger charge is 2.03. The summed E-state index contributed by atoms with van der Waals surface area (Å²) in [4.78, 5) is 8.73. The Hall–Kier alpha value is -2.20. The van der Waals surface area contributed by atoms with Crippen LogP contribution in [0.4, 0.5) is 0 Å². The van der Waals surface area contributed by atoms with Gasteiger partial charge in [-0.05, 0) is 25.1 Å². The van der Waals surface area contributed by atoms with E-state index in [1.54, 1.807) is 17.5 Å². The summed E-state index contributed by atoms with van der Waals surface area (Å²) in [6.07, 6.45) is 1.78. The van der Waals surface area contributed by atoms with Gasteiger partial charge in [-0.1, -0.05) is 18.2 Å². The normalized spacial score (nSPS) is 10.4. The van der Waals surface area contributed by atoms with Gasteiger partial charge < -0.3 is 4.74 Å². The van der Waals surface area contributed by atoms with Crippen molar-refractivity contribution in [3.05, 3.63) is 59.0 Å². The standard InChI is InChI=1S/C15H12N2OS/c1-11-17-14(10-19-11)12-7-8-15(16-9-12)18-13-5-3-2-4-6-13/h2-10H,1H3. The Morgan fingerprint density at radius 1 is 1.05 bits per heavy atom. The Balaban J connectivity index is 1.79. The quantitative estimate of drug-likeness (QED) is 0.710. The predicted octanol–water partition coefficient (Wildman–Crippen LogP) is 4.31. The molecule has 0 aliphatic rings. The fourth-order valence-electron chi connectivity index (χ4n) is 1.70. The van der Waals surface area contributed by atoms with Gasteiger partial charge in [0, 0.05) is 23.2 Å². The molecule has 0 bridgehead atoms. The van der Waals surface area contributed by atoms with Crippen molar-refractivity contribution in [2.24, 2.45) is 0 Å². The van der Waals surface area contributed by atoms with Crippen LogP contribution in [0.25, 0.3) is 11.3 Å². The van der Waals surface area contributed by atoms with Gasteiger partial charge in [-0.2, -0.15) is 0 Å². The average molecular weight is 268 g/mol. The summed E-state index contributed by atoms with van der Waals surface area (Å²) in [5, 5.41) is 3.09. The van der Waals surface area contributed by atoms with Crippen molar-refractivity contribution >= 4 is 11.3 Å². The van der Waals surface area contributed by atoms with Crippen molar-refractivity contribution in [1.82, 2.24) is 9.97 Å². The van der Waals surface area contributed by atoms with Crippen LogP contribution in [-0.2, 0) is 0 Å². The minimum atomic E-state index is 0.585. The number of aromatic nitrogens is 2. The van der Waals surface area contributed by atoms with Crippen LogP contribution in [0.3, 0.4) is 0 Å². The number of hydrogen-bond acceptors (Lipinski definition) is 4. The fourth-order valence-corrected chi connectivity index (χ4v) is 2.32. The number of aryl methyl sites for hydroxylation is 1. The van der Waals surface area contributed by atoms with E-state index in [0.717, 1.165) is 22.0 Å². The van der Waals surface area contributed by atoms with Crippen LogP contribution in [-0.4, -0.2) is 9.97 Å². The lowest BCUT2D eigenvalue weighted by atomic mass is 10.2. The summed E-state index contributed by atoms with van der Waals surface area (Å²) < 4.78 is 5.65. The SMILES string of the molecule is Cc1nc(-c2ccc(Oc3ccccc3)nc2)cs1. The van der Waals surface area contributed by atoms with E-state index in [1.807, 2.05) is 54.8 Å². The van der Waals surface area contributed by atoms with E-state index in [4.69, 9.17) is 4.74 Å². The van der Waals surface area contributed by atoms with Crippen LogP contribution >= 0.6 is 11.3 Å². The first-order valence-electron chi connectivity index (χ1n) is 5.93. The predicted molar refractivity (Wildman–Crippen MR) is 76.6 cm³/mol. The first-order chi connectivity index (χ1) is 9.31. The summed E-state index contributed by atoms with van der Waals surface area (Å²) in [7, 11) is 0. The third kappa shape index (κ3) is 2.80. The zero-order chi connectivity index (χ0) is 13.1. The molecule has 0 atom stereocenters. The summed E-state index contributed by atoms with van der Waals surface area (Å²) >= 11 is 1.64. The Morgan fingerprint density at radius 2 is 1.89 bits per heavy atom. The van der Waals surface area contributed by atoms with Crippen LogP contribution < -0.4 is 4.74 Å². The average Bonchev–Trinajstić information content (AvgIpc) is 2.87. The number of thiazole rings is 1. The molecule has 3 aromatic rings. The third-order valence-electron chi connectivity index (χ3n) is 2.62. The summed E-state index contributed by atoms with van der Waals surface area (Å²) in [5.74, 6) is 1.37. The molecule has 0 unspecified atom stereocenters. The zero-order valence-corrected chi connectivity index (χ0v) is 11.2. The van der Waals surface area contributed by atoms with E-state index in [2.05, 4.69) is 9.97 Å². The maximum absolute atomic E-state index is 5.65. The van der Waals surface area contributed by atoms with Gasteiger partial charge in [0.1, 0.15) is 5.75 Å². The van der Waals surface area contributed by atoms with Crippen LogP contribution in [0.5, 0.6) is 11.6 Å². The van der Waals surface area contributed by atoms with Crippen molar-refractivity contribution in [2.75, 3.05) is 0 Å². The molecule has 2 aromatic heterocycles.